The molecule has 1 aromatic heterocycles. The van der Waals surface area contributed by atoms with Crippen molar-refractivity contribution in [2.45, 2.75) is 6.92 Å². The molecule has 2 aromatic carbocycles. The second-order valence-electron chi connectivity index (χ2n) is 7.05. The molecule has 6 nitrogen and oxygen atoms in total. The summed E-state index contributed by atoms with van der Waals surface area (Å²) in [5.74, 6) is -0.0559. The highest BCUT2D eigenvalue weighted by atomic mass is 35.5. The number of carbonyl (C=O) groups is 2. The summed E-state index contributed by atoms with van der Waals surface area (Å²) in [7, 11) is 0. The van der Waals surface area contributed by atoms with E-state index in [4.69, 9.17) is 11.6 Å². The van der Waals surface area contributed by atoms with Crippen molar-refractivity contribution in [1.82, 2.24) is 14.8 Å². The van der Waals surface area contributed by atoms with Crippen LogP contribution in [0, 0.1) is 6.92 Å². The number of halogens is 1. The lowest BCUT2D eigenvalue weighted by molar-refractivity contribution is 0.0673. The molecule has 0 aliphatic carbocycles. The lowest BCUT2D eigenvalue weighted by Crippen LogP contribution is -2.51. The largest absolute Gasteiger partial charge is 0.335 e. The van der Waals surface area contributed by atoms with Gasteiger partial charge in [-0.15, -0.1) is 0 Å². The van der Waals surface area contributed by atoms with Crippen LogP contribution in [0.2, 0.25) is 5.02 Å². The zero-order valence-electron chi connectivity index (χ0n) is 16.1. The number of pyridine rings is 1. The van der Waals surface area contributed by atoms with E-state index in [1.54, 1.807) is 28.1 Å². The number of nitrogens with one attached hydrogen (secondary N) is 1. The SMILES string of the molecule is Cc1ccc(NC(=O)N2CCN(C(=O)c3cccc4cccnc34)CC2)cc1Cl. The first-order valence-electron chi connectivity index (χ1n) is 9.48. The predicted molar refractivity (Wildman–Crippen MR) is 114 cm³/mol. The van der Waals surface area contributed by atoms with Gasteiger partial charge in [0.1, 0.15) is 0 Å². The normalized spacial score (nSPS) is 14.1. The summed E-state index contributed by atoms with van der Waals surface area (Å²) < 4.78 is 0. The molecule has 148 valence electrons. The first-order valence-corrected chi connectivity index (χ1v) is 9.86. The molecule has 0 saturated carbocycles. The Morgan fingerprint density at radius 1 is 1.00 bits per heavy atom. The summed E-state index contributed by atoms with van der Waals surface area (Å²) in [6, 6.07) is 14.7. The zero-order valence-corrected chi connectivity index (χ0v) is 16.8. The van der Waals surface area contributed by atoms with Crippen LogP contribution in [0.5, 0.6) is 0 Å². The Hall–Kier alpha value is -3.12. The molecule has 1 saturated heterocycles. The topological polar surface area (TPSA) is 65.5 Å². The maximum atomic E-state index is 13.0. The van der Waals surface area contributed by atoms with Crippen molar-refractivity contribution >= 4 is 40.1 Å². The molecule has 3 amide bonds. The molecular formula is C22H21ClN4O2. The van der Waals surface area contributed by atoms with Crippen molar-refractivity contribution < 1.29 is 9.59 Å². The van der Waals surface area contributed by atoms with E-state index in [1.165, 1.54) is 0 Å². The fourth-order valence-corrected chi connectivity index (χ4v) is 3.61. The molecule has 3 aromatic rings. The molecule has 4 rings (SSSR count). The first-order chi connectivity index (χ1) is 14.0. The summed E-state index contributed by atoms with van der Waals surface area (Å²) >= 11 is 6.12. The van der Waals surface area contributed by atoms with E-state index in [9.17, 15) is 9.59 Å². The molecule has 0 bridgehead atoms. The Kier molecular flexibility index (Phi) is 5.36. The Morgan fingerprint density at radius 3 is 2.48 bits per heavy atom. The molecule has 0 radical (unpaired) electrons. The highest BCUT2D eigenvalue weighted by Crippen LogP contribution is 2.21. The molecule has 1 N–H and O–H groups in total. The maximum Gasteiger partial charge on any atom is 0.321 e. The van der Waals surface area contributed by atoms with E-state index in [2.05, 4.69) is 10.3 Å². The second-order valence-corrected chi connectivity index (χ2v) is 7.46. The number of nitrogens with zero attached hydrogens (tertiary/aromatic N) is 3. The molecule has 2 heterocycles. The van der Waals surface area contributed by atoms with Crippen molar-refractivity contribution in [3.8, 4) is 0 Å². The number of carbonyl (C=O) groups excluding carboxylic acids is 2. The van der Waals surface area contributed by atoms with Gasteiger partial charge in [0, 0.05) is 48.5 Å². The van der Waals surface area contributed by atoms with Crippen LogP contribution in [-0.2, 0) is 0 Å². The van der Waals surface area contributed by atoms with Crippen LogP contribution in [-0.4, -0.2) is 52.9 Å². The fraction of sp³-hybridized carbons (Fsp3) is 0.227. The molecule has 1 fully saturated rings. The number of anilines is 1. The fourth-order valence-electron chi connectivity index (χ4n) is 3.43. The number of aryl methyl sites for hydroxylation is 1. The van der Waals surface area contributed by atoms with Gasteiger partial charge in [0.2, 0.25) is 0 Å². The average molecular weight is 409 g/mol. The highest BCUT2D eigenvalue weighted by Gasteiger charge is 2.26. The van der Waals surface area contributed by atoms with Gasteiger partial charge in [-0.05, 0) is 36.8 Å². The number of rotatable bonds is 2. The highest BCUT2D eigenvalue weighted by molar-refractivity contribution is 6.31. The van der Waals surface area contributed by atoms with Crippen LogP contribution in [0.25, 0.3) is 10.9 Å². The van der Waals surface area contributed by atoms with Gasteiger partial charge in [-0.2, -0.15) is 0 Å². The van der Waals surface area contributed by atoms with Crippen LogP contribution in [0.4, 0.5) is 10.5 Å². The number of para-hydroxylation sites is 1. The third-order valence-electron chi connectivity index (χ3n) is 5.14. The Morgan fingerprint density at radius 2 is 1.72 bits per heavy atom. The first kappa shape index (κ1) is 19.2. The number of urea groups is 1. The predicted octanol–water partition coefficient (Wildman–Crippen LogP) is 4.19. The van der Waals surface area contributed by atoms with Crippen molar-refractivity contribution in [2.75, 3.05) is 31.5 Å². The molecule has 0 atom stereocenters. The van der Waals surface area contributed by atoms with E-state index >= 15 is 0 Å². The van der Waals surface area contributed by atoms with Gasteiger partial charge in [-0.3, -0.25) is 9.78 Å². The minimum absolute atomic E-state index is 0.0559. The van der Waals surface area contributed by atoms with Gasteiger partial charge in [-0.1, -0.05) is 35.9 Å². The van der Waals surface area contributed by atoms with Gasteiger partial charge in [0.15, 0.2) is 0 Å². The van der Waals surface area contributed by atoms with E-state index in [1.807, 2.05) is 43.3 Å². The lowest BCUT2D eigenvalue weighted by Gasteiger charge is -2.34. The number of aromatic nitrogens is 1. The number of piperazine rings is 1. The van der Waals surface area contributed by atoms with Crippen LogP contribution in [0.3, 0.4) is 0 Å². The lowest BCUT2D eigenvalue weighted by atomic mass is 10.1. The molecule has 1 aliphatic rings. The third kappa shape index (κ3) is 4.03. The van der Waals surface area contributed by atoms with E-state index < -0.39 is 0 Å². The quantitative estimate of drug-likeness (QED) is 0.691. The smallest absolute Gasteiger partial charge is 0.321 e. The number of hydrogen-bond donors (Lipinski definition) is 1. The van der Waals surface area contributed by atoms with Crippen molar-refractivity contribution in [2.24, 2.45) is 0 Å². The molecule has 0 spiro atoms. The van der Waals surface area contributed by atoms with Gasteiger partial charge in [-0.25, -0.2) is 4.79 Å². The van der Waals surface area contributed by atoms with E-state index in [0.717, 1.165) is 10.9 Å². The standard InChI is InChI=1S/C22H21ClN4O2/c1-15-7-8-17(14-19(15)23)25-22(29)27-12-10-26(11-13-27)21(28)18-6-2-4-16-5-3-9-24-20(16)18/h2-9,14H,10-13H2,1H3,(H,25,29). The molecular weight excluding hydrogens is 388 g/mol. The summed E-state index contributed by atoms with van der Waals surface area (Å²) in [6.45, 7) is 3.80. The van der Waals surface area contributed by atoms with Gasteiger partial charge >= 0.3 is 6.03 Å². The van der Waals surface area contributed by atoms with Gasteiger partial charge < -0.3 is 15.1 Å². The number of hydrogen-bond acceptors (Lipinski definition) is 3. The summed E-state index contributed by atoms with van der Waals surface area (Å²) in [6.07, 6.45) is 1.69. The van der Waals surface area contributed by atoms with Crippen LogP contribution in [0.1, 0.15) is 15.9 Å². The molecule has 29 heavy (non-hydrogen) atoms. The zero-order chi connectivity index (χ0) is 20.4. The summed E-state index contributed by atoms with van der Waals surface area (Å²) in [5, 5.41) is 4.42. The minimum atomic E-state index is -0.191. The minimum Gasteiger partial charge on any atom is -0.335 e. The Balaban J connectivity index is 1.40. The van der Waals surface area contributed by atoms with Gasteiger partial charge in [0.05, 0.1) is 11.1 Å². The van der Waals surface area contributed by atoms with Crippen molar-refractivity contribution in [3.63, 3.8) is 0 Å². The Labute approximate surface area is 174 Å². The van der Waals surface area contributed by atoms with Crippen LogP contribution >= 0.6 is 11.6 Å². The van der Waals surface area contributed by atoms with Crippen LogP contribution in [0.15, 0.2) is 54.7 Å². The summed E-state index contributed by atoms with van der Waals surface area (Å²) in [5.41, 5.74) is 2.91. The van der Waals surface area contributed by atoms with Crippen LogP contribution < -0.4 is 5.32 Å². The summed E-state index contributed by atoms with van der Waals surface area (Å²) in [4.78, 5) is 33.4. The molecule has 7 heteroatoms. The third-order valence-corrected chi connectivity index (χ3v) is 5.55. The number of fused-ring (bicyclic) bond motifs is 1. The average Bonchev–Trinajstić information content (AvgIpc) is 2.75. The monoisotopic (exact) mass is 408 g/mol. The van der Waals surface area contributed by atoms with Gasteiger partial charge in [0.25, 0.3) is 5.91 Å². The second kappa shape index (κ2) is 8.09. The maximum absolute atomic E-state index is 13.0. The van der Waals surface area contributed by atoms with E-state index in [0.29, 0.717) is 48.0 Å². The Bertz CT molecular complexity index is 1070. The van der Waals surface area contributed by atoms with Crippen molar-refractivity contribution in [3.05, 3.63) is 70.9 Å². The number of benzene rings is 2. The number of amides is 3. The molecule has 0 unspecified atom stereocenters. The van der Waals surface area contributed by atoms with E-state index in [-0.39, 0.29) is 11.9 Å². The molecule has 1 aliphatic heterocycles. The van der Waals surface area contributed by atoms with Crippen molar-refractivity contribution in [1.29, 1.82) is 0 Å².